The maximum atomic E-state index is 13.2. The van der Waals surface area contributed by atoms with Crippen LogP contribution < -0.4 is 15.4 Å². The van der Waals surface area contributed by atoms with Gasteiger partial charge in [0.25, 0.3) is 5.91 Å². The summed E-state index contributed by atoms with van der Waals surface area (Å²) in [4.78, 5) is 47.6. The summed E-state index contributed by atoms with van der Waals surface area (Å²) in [6.45, 7) is 5.35. The maximum Gasteiger partial charge on any atom is 0.325 e. The zero-order chi connectivity index (χ0) is 24.5. The van der Waals surface area contributed by atoms with Crippen LogP contribution in [-0.4, -0.2) is 46.4 Å². The van der Waals surface area contributed by atoms with E-state index in [9.17, 15) is 14.4 Å². The molecule has 0 aliphatic carbocycles. The van der Waals surface area contributed by atoms with E-state index in [1.54, 1.807) is 38.3 Å². The first-order valence-corrected chi connectivity index (χ1v) is 11.2. The van der Waals surface area contributed by atoms with Crippen molar-refractivity contribution >= 4 is 28.9 Å². The summed E-state index contributed by atoms with van der Waals surface area (Å²) in [5.41, 5.74) is 1.03. The Hall–Kier alpha value is -3.88. The highest BCUT2D eigenvalue weighted by molar-refractivity contribution is 6.09. The molecule has 4 amide bonds. The monoisotopic (exact) mass is 463 g/mol. The largest absolute Gasteiger partial charge is 0.497 e. The Kier molecular flexibility index (Phi) is 6.28. The topological polar surface area (TPSA) is 116 Å². The van der Waals surface area contributed by atoms with E-state index in [0.29, 0.717) is 23.6 Å². The Labute approximate surface area is 197 Å². The molecule has 178 valence electrons. The number of methoxy groups -OCH3 is 1. The Morgan fingerprint density at radius 1 is 1.15 bits per heavy atom. The van der Waals surface area contributed by atoms with Crippen LogP contribution in [0.5, 0.6) is 5.75 Å². The van der Waals surface area contributed by atoms with E-state index in [2.05, 4.69) is 34.4 Å². The average molecular weight is 464 g/mol. The molecular weight excluding hydrogens is 434 g/mol. The number of amides is 4. The van der Waals surface area contributed by atoms with E-state index in [4.69, 9.17) is 4.74 Å². The number of rotatable bonds is 8. The standard InChI is InChI=1S/C25H29N5O4/c1-15(2)13-20(22-27-18-7-5-6-8-19(18)28-22)26-21(31)14-30-23(32)25(3,29-24(30)33)16-9-11-17(34-4)12-10-16/h5-12,15,20H,13-14H2,1-4H3,(H,26,31)(H,27,28)(H,29,33)/t20-,25+/m1/s1. The number of carbonyl (C=O) groups is 3. The molecule has 3 aromatic rings. The number of ether oxygens (including phenoxy) is 1. The van der Waals surface area contributed by atoms with E-state index in [0.717, 1.165) is 15.9 Å². The molecule has 2 aromatic carbocycles. The molecule has 1 aromatic heterocycles. The van der Waals surface area contributed by atoms with Crippen LogP contribution in [0.25, 0.3) is 11.0 Å². The first-order valence-electron chi connectivity index (χ1n) is 11.2. The number of hydrogen-bond donors (Lipinski definition) is 3. The first kappa shape index (κ1) is 23.3. The van der Waals surface area contributed by atoms with Crippen LogP contribution >= 0.6 is 0 Å². The average Bonchev–Trinajstić information content (AvgIpc) is 3.34. The third-order valence-electron chi connectivity index (χ3n) is 6.02. The Bertz CT molecular complexity index is 1190. The number of imide groups is 1. The van der Waals surface area contributed by atoms with Crippen molar-refractivity contribution < 1.29 is 19.1 Å². The number of imidazole rings is 1. The van der Waals surface area contributed by atoms with E-state index in [1.807, 2.05) is 24.3 Å². The maximum absolute atomic E-state index is 13.2. The normalized spacial score (nSPS) is 18.9. The molecule has 0 saturated carbocycles. The van der Waals surface area contributed by atoms with Crippen LogP contribution in [0.4, 0.5) is 4.79 Å². The molecule has 9 nitrogen and oxygen atoms in total. The lowest BCUT2D eigenvalue weighted by molar-refractivity contribution is -0.135. The number of aromatic nitrogens is 2. The number of H-pyrrole nitrogens is 1. The number of carbonyl (C=O) groups excluding carboxylic acids is 3. The summed E-state index contributed by atoms with van der Waals surface area (Å²) in [6, 6.07) is 13.5. The van der Waals surface area contributed by atoms with Crippen molar-refractivity contribution in [3.05, 3.63) is 59.9 Å². The second-order valence-electron chi connectivity index (χ2n) is 9.06. The van der Waals surface area contributed by atoms with Gasteiger partial charge in [-0.05, 0) is 49.1 Å². The van der Waals surface area contributed by atoms with Crippen molar-refractivity contribution in [2.45, 2.75) is 38.8 Å². The number of benzene rings is 2. The Balaban J connectivity index is 1.50. The third kappa shape index (κ3) is 4.46. The number of aromatic amines is 1. The van der Waals surface area contributed by atoms with Gasteiger partial charge in [0.2, 0.25) is 5.91 Å². The summed E-state index contributed by atoms with van der Waals surface area (Å²) in [7, 11) is 1.55. The van der Waals surface area contributed by atoms with Crippen LogP contribution in [0, 0.1) is 5.92 Å². The molecule has 0 spiro atoms. The van der Waals surface area contributed by atoms with E-state index < -0.39 is 23.4 Å². The van der Waals surface area contributed by atoms with Gasteiger partial charge in [-0.1, -0.05) is 38.1 Å². The van der Waals surface area contributed by atoms with Gasteiger partial charge in [0, 0.05) is 0 Å². The van der Waals surface area contributed by atoms with Gasteiger partial charge < -0.3 is 20.4 Å². The van der Waals surface area contributed by atoms with Gasteiger partial charge in [-0.2, -0.15) is 0 Å². The van der Waals surface area contributed by atoms with E-state index in [-0.39, 0.29) is 18.5 Å². The highest BCUT2D eigenvalue weighted by Crippen LogP contribution is 2.30. The highest BCUT2D eigenvalue weighted by Gasteiger charge is 2.49. The molecule has 1 aliphatic rings. The Morgan fingerprint density at radius 2 is 1.85 bits per heavy atom. The predicted octanol–water partition coefficient (Wildman–Crippen LogP) is 3.24. The molecular formula is C25H29N5O4. The van der Waals surface area contributed by atoms with Crippen LogP contribution in [-0.2, 0) is 15.1 Å². The minimum absolute atomic E-state index is 0.286. The van der Waals surface area contributed by atoms with Gasteiger partial charge in [-0.15, -0.1) is 0 Å². The van der Waals surface area contributed by atoms with Crippen LogP contribution in [0.2, 0.25) is 0 Å². The molecule has 0 radical (unpaired) electrons. The van der Waals surface area contributed by atoms with Crippen molar-refractivity contribution in [3.8, 4) is 5.75 Å². The first-order chi connectivity index (χ1) is 16.2. The van der Waals surface area contributed by atoms with Crippen molar-refractivity contribution in [3.63, 3.8) is 0 Å². The van der Waals surface area contributed by atoms with Crippen molar-refractivity contribution in [2.75, 3.05) is 13.7 Å². The van der Waals surface area contributed by atoms with Crippen molar-refractivity contribution in [1.29, 1.82) is 0 Å². The number of nitrogens with one attached hydrogen (secondary N) is 3. The number of hydrogen-bond acceptors (Lipinski definition) is 5. The molecule has 3 N–H and O–H groups in total. The number of nitrogens with zero attached hydrogens (tertiary/aromatic N) is 2. The van der Waals surface area contributed by atoms with Gasteiger partial charge in [-0.3, -0.25) is 14.5 Å². The molecule has 2 heterocycles. The second-order valence-corrected chi connectivity index (χ2v) is 9.06. The van der Waals surface area contributed by atoms with Gasteiger partial charge in [-0.25, -0.2) is 9.78 Å². The quantitative estimate of drug-likeness (QED) is 0.444. The van der Waals surface area contributed by atoms with Crippen LogP contribution in [0.1, 0.15) is 44.6 Å². The molecule has 0 unspecified atom stereocenters. The summed E-state index contributed by atoms with van der Waals surface area (Å²) in [5.74, 6) is 0.648. The molecule has 34 heavy (non-hydrogen) atoms. The lowest BCUT2D eigenvalue weighted by Gasteiger charge is -2.23. The fourth-order valence-corrected chi connectivity index (χ4v) is 4.19. The highest BCUT2D eigenvalue weighted by atomic mass is 16.5. The number of urea groups is 1. The fourth-order valence-electron chi connectivity index (χ4n) is 4.19. The molecule has 2 atom stereocenters. The minimum atomic E-state index is -1.26. The lowest BCUT2D eigenvalue weighted by Crippen LogP contribution is -2.44. The van der Waals surface area contributed by atoms with Crippen LogP contribution in [0.15, 0.2) is 48.5 Å². The molecule has 1 aliphatic heterocycles. The predicted molar refractivity (Wildman–Crippen MR) is 127 cm³/mol. The lowest BCUT2D eigenvalue weighted by atomic mass is 9.92. The third-order valence-corrected chi connectivity index (χ3v) is 6.02. The summed E-state index contributed by atoms with van der Waals surface area (Å²) < 4.78 is 5.16. The Morgan fingerprint density at radius 3 is 2.50 bits per heavy atom. The minimum Gasteiger partial charge on any atom is -0.497 e. The zero-order valence-corrected chi connectivity index (χ0v) is 19.7. The van der Waals surface area contributed by atoms with E-state index in [1.165, 1.54) is 0 Å². The zero-order valence-electron chi connectivity index (χ0n) is 19.7. The van der Waals surface area contributed by atoms with Crippen LogP contribution in [0.3, 0.4) is 0 Å². The van der Waals surface area contributed by atoms with Gasteiger partial charge in [0.1, 0.15) is 23.7 Å². The summed E-state index contributed by atoms with van der Waals surface area (Å²) in [6.07, 6.45) is 0.648. The smallest absolute Gasteiger partial charge is 0.325 e. The summed E-state index contributed by atoms with van der Waals surface area (Å²) in [5, 5.41) is 5.68. The van der Waals surface area contributed by atoms with Gasteiger partial charge in [0.05, 0.1) is 24.2 Å². The van der Waals surface area contributed by atoms with E-state index >= 15 is 0 Å². The van der Waals surface area contributed by atoms with Crippen molar-refractivity contribution in [1.82, 2.24) is 25.5 Å². The fraction of sp³-hybridized carbons (Fsp3) is 0.360. The molecule has 1 fully saturated rings. The molecule has 1 saturated heterocycles. The number of para-hydroxylation sites is 2. The SMILES string of the molecule is COc1ccc([C@]2(C)NC(=O)N(CC(=O)N[C@H](CC(C)C)c3nc4ccccc4[nH]3)C2=O)cc1. The van der Waals surface area contributed by atoms with Gasteiger partial charge in [0.15, 0.2) is 0 Å². The molecule has 0 bridgehead atoms. The van der Waals surface area contributed by atoms with Crippen molar-refractivity contribution in [2.24, 2.45) is 5.92 Å². The molecule has 9 heteroatoms. The number of fused-ring (bicyclic) bond motifs is 1. The van der Waals surface area contributed by atoms with Gasteiger partial charge >= 0.3 is 6.03 Å². The second kappa shape index (κ2) is 9.17. The molecule has 4 rings (SSSR count). The summed E-state index contributed by atoms with van der Waals surface area (Å²) >= 11 is 0.